The summed E-state index contributed by atoms with van der Waals surface area (Å²) < 4.78 is 0. The fourth-order valence-corrected chi connectivity index (χ4v) is 2.67. The summed E-state index contributed by atoms with van der Waals surface area (Å²) in [4.78, 5) is 0. The van der Waals surface area contributed by atoms with Crippen LogP contribution in [0.15, 0.2) is 42.5 Å². The minimum absolute atomic E-state index is 0.0115. The van der Waals surface area contributed by atoms with Gasteiger partial charge >= 0.3 is 9.39 Å². The van der Waals surface area contributed by atoms with Crippen LogP contribution in [-0.2, 0) is 0 Å². The number of benzene rings is 2. The van der Waals surface area contributed by atoms with Gasteiger partial charge in [-0.25, -0.2) is 0 Å². The van der Waals surface area contributed by atoms with Crippen molar-refractivity contribution in [3.63, 3.8) is 0 Å². The minimum Gasteiger partial charge on any atom is -0.391 e. The molecule has 2 aromatic rings. The third-order valence-corrected chi connectivity index (χ3v) is 3.95. The Bertz CT molecular complexity index is 577. The van der Waals surface area contributed by atoms with Crippen molar-refractivity contribution < 1.29 is 0 Å². The molecule has 0 spiro atoms. The van der Waals surface area contributed by atoms with Gasteiger partial charge in [0, 0.05) is 17.5 Å². The average molecular weight is 405 g/mol. The quantitative estimate of drug-likeness (QED) is 0.294. The highest BCUT2D eigenvalue weighted by molar-refractivity contribution is 7.81. The second-order valence-corrected chi connectivity index (χ2v) is 18.1. The normalized spacial score (nSPS) is 21.4. The zero-order valence-corrected chi connectivity index (χ0v) is 15.7. The van der Waals surface area contributed by atoms with Crippen LogP contribution in [0.3, 0.4) is 0 Å². The third kappa shape index (κ3) is 4.67. The van der Waals surface area contributed by atoms with Crippen LogP contribution in [0.5, 0.6) is 0 Å². The standard InChI is InChI=1S/C13H9Cl2.Al.4ClH/c14-12-11(13(12)15)10-7-3-5-8-4-1-2-6-9(8)10;;;;;/h1-7,12-13H;;4*1H/q+1;+3;;;;/p-4. The Morgan fingerprint density at radius 2 is 1.30 bits per heavy atom. The monoisotopic (exact) mass is 402 g/mol. The number of alkyl halides is 2. The summed E-state index contributed by atoms with van der Waals surface area (Å²) in [5.74, 6) is 1.16. The Morgan fingerprint density at radius 3 is 1.85 bits per heavy atom. The molecule has 1 aliphatic rings. The molecule has 1 saturated carbocycles. The molecule has 0 bridgehead atoms. The molecule has 7 heteroatoms. The lowest BCUT2D eigenvalue weighted by molar-refractivity contribution is 1.46. The van der Waals surface area contributed by atoms with Gasteiger partial charge in [-0.2, -0.15) is 0 Å². The van der Waals surface area contributed by atoms with Crippen molar-refractivity contribution >= 4 is 83.6 Å². The molecule has 2 unspecified atom stereocenters. The predicted octanol–water partition coefficient (Wildman–Crippen LogP) is 6.37. The number of fused-ring (bicyclic) bond motifs is 1. The van der Waals surface area contributed by atoms with E-state index < -0.39 is 9.39 Å². The first-order valence-electron chi connectivity index (χ1n) is 5.79. The number of hydrogen-bond acceptors (Lipinski definition) is 0. The van der Waals surface area contributed by atoms with Gasteiger partial charge in [-0.1, -0.05) is 29.3 Å². The molecule has 0 aromatic heterocycles. The SMILES string of the molecule is ClC1[C+](c2cccc3ccccc23)C1Cl.[Cl][Al-]([Cl])([Cl])[Cl]. The maximum atomic E-state index is 6.07. The van der Waals surface area contributed by atoms with Gasteiger partial charge in [-0.3, -0.25) is 0 Å². The molecule has 0 nitrogen and oxygen atoms in total. The van der Waals surface area contributed by atoms with Gasteiger partial charge in [0.1, 0.15) is 16.3 Å². The molecular weight excluding hydrogens is 396 g/mol. The van der Waals surface area contributed by atoms with Crippen molar-refractivity contribution in [2.75, 3.05) is 0 Å². The molecule has 20 heavy (non-hydrogen) atoms. The van der Waals surface area contributed by atoms with E-state index in [0.717, 1.165) is 5.92 Å². The topological polar surface area (TPSA) is 0 Å². The zero-order chi connectivity index (χ0) is 14.9. The molecule has 0 saturated heterocycles. The van der Waals surface area contributed by atoms with Gasteiger partial charge in [0.15, 0.2) is 0 Å². The lowest BCUT2D eigenvalue weighted by Gasteiger charge is -1.97. The van der Waals surface area contributed by atoms with E-state index in [1.807, 2.05) is 12.1 Å². The van der Waals surface area contributed by atoms with E-state index in [1.54, 1.807) is 0 Å². The van der Waals surface area contributed by atoms with Crippen molar-refractivity contribution in [1.82, 2.24) is 0 Å². The van der Waals surface area contributed by atoms with E-state index in [9.17, 15) is 0 Å². The van der Waals surface area contributed by atoms with E-state index in [4.69, 9.17) is 63.4 Å². The first-order chi connectivity index (χ1) is 9.29. The Morgan fingerprint density at radius 1 is 0.800 bits per heavy atom. The highest BCUT2D eigenvalue weighted by atomic mass is 35.9. The van der Waals surface area contributed by atoms with Crippen LogP contribution in [0.25, 0.3) is 10.8 Å². The number of halogens is 6. The van der Waals surface area contributed by atoms with Gasteiger partial charge in [-0.15, -0.1) is 0 Å². The van der Waals surface area contributed by atoms with E-state index in [0.29, 0.717) is 0 Å². The molecule has 0 heterocycles. The van der Waals surface area contributed by atoms with E-state index in [1.165, 1.54) is 16.3 Å². The van der Waals surface area contributed by atoms with Crippen molar-refractivity contribution in [2.24, 2.45) is 0 Å². The van der Waals surface area contributed by atoms with Crippen molar-refractivity contribution in [1.29, 1.82) is 0 Å². The molecule has 1 aliphatic carbocycles. The Labute approximate surface area is 147 Å². The first-order valence-corrected chi connectivity index (χ1v) is 13.6. The maximum Gasteiger partial charge on any atom is 0.564 e. The highest BCUT2D eigenvalue weighted by Crippen LogP contribution is 2.50. The lowest BCUT2D eigenvalue weighted by atomic mass is 10.0. The first kappa shape index (κ1) is 17.2. The van der Waals surface area contributed by atoms with E-state index in [-0.39, 0.29) is 10.8 Å². The maximum absolute atomic E-state index is 6.07. The smallest absolute Gasteiger partial charge is 0.391 e. The van der Waals surface area contributed by atoms with E-state index in [2.05, 4.69) is 30.3 Å². The Balaban J connectivity index is 0.000000257. The third-order valence-electron chi connectivity index (χ3n) is 2.84. The van der Waals surface area contributed by atoms with Crippen molar-refractivity contribution in [3.8, 4) is 0 Å². The molecule has 3 rings (SSSR count). The summed E-state index contributed by atoms with van der Waals surface area (Å²) in [6.45, 7) is 0. The molecule has 106 valence electrons. The van der Waals surface area contributed by atoms with Gasteiger partial charge in [0.2, 0.25) is 0 Å². The molecule has 0 radical (unpaired) electrons. The molecular formula is C13H9AlCl6. The molecule has 0 aliphatic heterocycles. The van der Waals surface area contributed by atoms with Crippen LogP contribution in [0.2, 0.25) is 0 Å². The average Bonchev–Trinajstić information content (AvgIpc) is 2.94. The molecule has 1 fully saturated rings. The summed E-state index contributed by atoms with van der Waals surface area (Å²) in [7, 11) is 17.0. The molecule has 0 amide bonds. The van der Waals surface area contributed by atoms with Crippen LogP contribution >= 0.6 is 63.4 Å². The van der Waals surface area contributed by atoms with Crippen LogP contribution < -0.4 is 0 Å². The highest BCUT2D eigenvalue weighted by Gasteiger charge is 2.56. The van der Waals surface area contributed by atoms with Crippen LogP contribution in [0.1, 0.15) is 5.56 Å². The van der Waals surface area contributed by atoms with Gasteiger partial charge in [-0.05, 0) is 24.3 Å². The Hall–Kier alpha value is 0.842. The second kappa shape index (κ2) is 6.95. The lowest BCUT2D eigenvalue weighted by Crippen LogP contribution is -1.91. The fourth-order valence-electron chi connectivity index (χ4n) is 1.98. The second-order valence-electron chi connectivity index (χ2n) is 4.28. The van der Waals surface area contributed by atoms with Crippen LogP contribution in [0, 0.1) is 5.92 Å². The van der Waals surface area contributed by atoms with Gasteiger partial charge < -0.3 is 40.2 Å². The predicted molar refractivity (Wildman–Crippen MR) is 94.7 cm³/mol. The largest absolute Gasteiger partial charge is 0.564 e. The molecule has 0 N–H and O–H groups in total. The minimum atomic E-state index is -2.94. The van der Waals surface area contributed by atoms with Gasteiger partial charge in [0.25, 0.3) is 0 Å². The number of rotatable bonds is 1. The number of hydrogen-bond donors (Lipinski definition) is 0. The van der Waals surface area contributed by atoms with Crippen LogP contribution in [-0.4, -0.2) is 20.1 Å². The summed E-state index contributed by atoms with van der Waals surface area (Å²) in [6, 6.07) is 14.6. The van der Waals surface area contributed by atoms with Crippen LogP contribution in [0.4, 0.5) is 0 Å². The zero-order valence-electron chi connectivity index (χ0n) is 10.0. The molecule has 2 aromatic carbocycles. The van der Waals surface area contributed by atoms with Gasteiger partial charge in [0.05, 0.1) is 11.3 Å². The van der Waals surface area contributed by atoms with Crippen molar-refractivity contribution in [3.05, 3.63) is 53.9 Å². The summed E-state index contributed by atoms with van der Waals surface area (Å²) in [5, 5.41) is 2.50. The molecule has 2 atom stereocenters. The Kier molecular flexibility index (Phi) is 5.98. The summed E-state index contributed by atoms with van der Waals surface area (Å²) >= 11 is 12.1. The van der Waals surface area contributed by atoms with Crippen molar-refractivity contribution in [2.45, 2.75) is 10.8 Å². The van der Waals surface area contributed by atoms with E-state index >= 15 is 0 Å². The summed E-state index contributed by atoms with van der Waals surface area (Å²) in [5.41, 5.74) is 1.20. The fraction of sp³-hybridized carbons (Fsp3) is 0.154. The summed E-state index contributed by atoms with van der Waals surface area (Å²) in [6.07, 6.45) is 0.